The number of aromatic nitrogens is 4. The van der Waals surface area contributed by atoms with Crippen molar-refractivity contribution in [1.29, 1.82) is 0 Å². The van der Waals surface area contributed by atoms with Gasteiger partial charge < -0.3 is 5.32 Å². The Kier molecular flexibility index (Phi) is 4.76. The van der Waals surface area contributed by atoms with Gasteiger partial charge in [-0.25, -0.2) is 4.98 Å². The van der Waals surface area contributed by atoms with Gasteiger partial charge in [0.05, 0.1) is 5.69 Å². The molecule has 3 aromatic heterocycles. The highest BCUT2D eigenvalue weighted by atomic mass is 32.1. The third-order valence-corrected chi connectivity index (χ3v) is 5.01. The molecule has 0 fully saturated rings. The normalized spacial score (nSPS) is 10.7. The minimum Gasteiger partial charge on any atom is -0.347 e. The van der Waals surface area contributed by atoms with E-state index in [1.54, 1.807) is 28.7 Å². The lowest BCUT2D eigenvalue weighted by molar-refractivity contribution is 0.0946. The van der Waals surface area contributed by atoms with E-state index in [0.717, 1.165) is 27.4 Å². The summed E-state index contributed by atoms with van der Waals surface area (Å²) in [6, 6.07) is 13.8. The fourth-order valence-corrected chi connectivity index (χ4v) is 3.55. The molecule has 1 N–H and O–H groups in total. The van der Waals surface area contributed by atoms with Gasteiger partial charge in [0.1, 0.15) is 10.7 Å². The van der Waals surface area contributed by atoms with Crippen LogP contribution in [0.5, 0.6) is 0 Å². The third kappa shape index (κ3) is 3.78. The highest BCUT2D eigenvalue weighted by molar-refractivity contribution is 7.13. The predicted octanol–water partition coefficient (Wildman–Crippen LogP) is 3.54. The van der Waals surface area contributed by atoms with Gasteiger partial charge in [0.2, 0.25) is 0 Å². The second kappa shape index (κ2) is 7.51. The number of carbonyl (C=O) groups is 1. The monoisotopic (exact) mass is 375 g/mol. The van der Waals surface area contributed by atoms with Crippen LogP contribution in [-0.4, -0.2) is 25.7 Å². The van der Waals surface area contributed by atoms with E-state index in [1.807, 2.05) is 49.5 Å². The summed E-state index contributed by atoms with van der Waals surface area (Å²) in [5.41, 5.74) is 4.29. The minimum absolute atomic E-state index is 0.195. The number of benzene rings is 1. The molecule has 0 saturated carbocycles. The van der Waals surface area contributed by atoms with Crippen LogP contribution in [0.2, 0.25) is 0 Å². The SMILES string of the molecule is Cn1nccc1-c1cncc(CNC(=O)c2csc(-c3ccccc3)n2)c1. The fourth-order valence-electron chi connectivity index (χ4n) is 2.75. The molecule has 3 heterocycles. The smallest absolute Gasteiger partial charge is 0.271 e. The molecule has 134 valence electrons. The summed E-state index contributed by atoms with van der Waals surface area (Å²) in [5.74, 6) is -0.195. The summed E-state index contributed by atoms with van der Waals surface area (Å²) >= 11 is 1.46. The molecule has 6 nitrogen and oxygen atoms in total. The van der Waals surface area contributed by atoms with Crippen molar-refractivity contribution in [3.05, 3.63) is 77.7 Å². The number of nitrogens with one attached hydrogen (secondary N) is 1. The maximum Gasteiger partial charge on any atom is 0.271 e. The van der Waals surface area contributed by atoms with E-state index in [2.05, 4.69) is 20.4 Å². The van der Waals surface area contributed by atoms with Crippen LogP contribution in [0.3, 0.4) is 0 Å². The van der Waals surface area contributed by atoms with Gasteiger partial charge in [0, 0.05) is 48.7 Å². The molecule has 0 bridgehead atoms. The van der Waals surface area contributed by atoms with Crippen LogP contribution >= 0.6 is 11.3 Å². The Labute approximate surface area is 160 Å². The van der Waals surface area contributed by atoms with E-state index in [1.165, 1.54) is 11.3 Å². The number of nitrogens with zero attached hydrogens (tertiary/aromatic N) is 4. The molecule has 0 aliphatic carbocycles. The molecular weight excluding hydrogens is 358 g/mol. The maximum absolute atomic E-state index is 12.4. The number of aryl methyl sites for hydroxylation is 1. The Morgan fingerprint density at radius 1 is 1.15 bits per heavy atom. The Morgan fingerprint density at radius 2 is 2.00 bits per heavy atom. The zero-order chi connectivity index (χ0) is 18.6. The van der Waals surface area contributed by atoms with Crippen molar-refractivity contribution in [3.63, 3.8) is 0 Å². The first-order valence-corrected chi connectivity index (χ1v) is 9.30. The first-order chi connectivity index (χ1) is 13.2. The van der Waals surface area contributed by atoms with Crippen molar-refractivity contribution in [2.45, 2.75) is 6.54 Å². The number of rotatable bonds is 5. The summed E-state index contributed by atoms with van der Waals surface area (Å²) < 4.78 is 1.79. The van der Waals surface area contributed by atoms with Crippen molar-refractivity contribution in [2.75, 3.05) is 0 Å². The predicted molar refractivity (Wildman–Crippen MR) is 105 cm³/mol. The molecule has 0 aliphatic rings. The lowest BCUT2D eigenvalue weighted by Crippen LogP contribution is -2.23. The zero-order valence-corrected chi connectivity index (χ0v) is 15.5. The molecular formula is C20H17N5OS. The van der Waals surface area contributed by atoms with Crippen LogP contribution in [0.1, 0.15) is 16.1 Å². The average Bonchev–Trinajstić information content (AvgIpc) is 3.36. The van der Waals surface area contributed by atoms with Gasteiger partial charge in [-0.3, -0.25) is 14.5 Å². The number of hydrogen-bond acceptors (Lipinski definition) is 5. The van der Waals surface area contributed by atoms with E-state index in [4.69, 9.17) is 0 Å². The summed E-state index contributed by atoms with van der Waals surface area (Å²) in [7, 11) is 1.89. The van der Waals surface area contributed by atoms with Gasteiger partial charge in [0.25, 0.3) is 5.91 Å². The molecule has 4 rings (SSSR count). The van der Waals surface area contributed by atoms with Gasteiger partial charge in [-0.05, 0) is 17.7 Å². The van der Waals surface area contributed by atoms with Crippen molar-refractivity contribution < 1.29 is 4.79 Å². The average molecular weight is 375 g/mol. The highest BCUT2D eigenvalue weighted by Gasteiger charge is 2.12. The van der Waals surface area contributed by atoms with Crippen LogP contribution in [0.25, 0.3) is 21.8 Å². The second-order valence-electron chi connectivity index (χ2n) is 6.01. The summed E-state index contributed by atoms with van der Waals surface area (Å²) in [6.07, 6.45) is 5.28. The Hall–Kier alpha value is -3.32. The van der Waals surface area contributed by atoms with Gasteiger partial charge >= 0.3 is 0 Å². The van der Waals surface area contributed by atoms with Crippen LogP contribution < -0.4 is 5.32 Å². The van der Waals surface area contributed by atoms with Crippen molar-refractivity contribution in [3.8, 4) is 21.8 Å². The van der Waals surface area contributed by atoms with E-state index in [0.29, 0.717) is 12.2 Å². The Bertz CT molecular complexity index is 1070. The number of hydrogen-bond donors (Lipinski definition) is 1. The van der Waals surface area contributed by atoms with E-state index in [-0.39, 0.29) is 5.91 Å². The largest absolute Gasteiger partial charge is 0.347 e. The van der Waals surface area contributed by atoms with E-state index in [9.17, 15) is 4.79 Å². The third-order valence-electron chi connectivity index (χ3n) is 4.12. The first-order valence-electron chi connectivity index (χ1n) is 8.42. The molecule has 0 aliphatic heterocycles. The topological polar surface area (TPSA) is 72.7 Å². The molecule has 0 radical (unpaired) electrons. The number of amides is 1. The lowest BCUT2D eigenvalue weighted by Gasteiger charge is -2.06. The summed E-state index contributed by atoms with van der Waals surface area (Å²) in [5, 5.41) is 9.70. The molecule has 4 aromatic rings. The van der Waals surface area contributed by atoms with Crippen molar-refractivity contribution in [2.24, 2.45) is 7.05 Å². The molecule has 0 atom stereocenters. The van der Waals surface area contributed by atoms with Gasteiger partial charge in [-0.2, -0.15) is 5.10 Å². The van der Waals surface area contributed by atoms with E-state index >= 15 is 0 Å². The van der Waals surface area contributed by atoms with Gasteiger partial charge in [-0.1, -0.05) is 30.3 Å². The number of thiazole rings is 1. The van der Waals surface area contributed by atoms with Gasteiger partial charge in [0.15, 0.2) is 0 Å². The molecule has 1 amide bonds. The summed E-state index contributed by atoms with van der Waals surface area (Å²) in [4.78, 5) is 21.1. The molecule has 0 unspecified atom stereocenters. The fraction of sp³-hybridized carbons (Fsp3) is 0.100. The van der Waals surface area contributed by atoms with Crippen LogP contribution in [-0.2, 0) is 13.6 Å². The quantitative estimate of drug-likeness (QED) is 0.579. The Balaban J connectivity index is 1.44. The molecule has 7 heteroatoms. The second-order valence-corrected chi connectivity index (χ2v) is 6.87. The van der Waals surface area contributed by atoms with Crippen LogP contribution in [0.4, 0.5) is 0 Å². The standard InChI is InChI=1S/C20H17N5OS/c1-25-18(7-8-23-25)16-9-14(10-21-12-16)11-22-19(26)17-13-27-20(24-17)15-5-3-2-4-6-15/h2-10,12-13H,11H2,1H3,(H,22,26). The highest BCUT2D eigenvalue weighted by Crippen LogP contribution is 2.23. The molecule has 27 heavy (non-hydrogen) atoms. The van der Waals surface area contributed by atoms with Crippen LogP contribution in [0, 0.1) is 0 Å². The number of carbonyl (C=O) groups excluding carboxylic acids is 1. The van der Waals surface area contributed by atoms with E-state index < -0.39 is 0 Å². The van der Waals surface area contributed by atoms with Gasteiger partial charge in [-0.15, -0.1) is 11.3 Å². The molecule has 1 aromatic carbocycles. The lowest BCUT2D eigenvalue weighted by atomic mass is 10.1. The summed E-state index contributed by atoms with van der Waals surface area (Å²) in [6.45, 7) is 0.385. The molecule has 0 saturated heterocycles. The van der Waals surface area contributed by atoms with Crippen molar-refractivity contribution >= 4 is 17.2 Å². The molecule has 0 spiro atoms. The minimum atomic E-state index is -0.195. The Morgan fingerprint density at radius 3 is 2.78 bits per heavy atom. The van der Waals surface area contributed by atoms with Crippen LogP contribution in [0.15, 0.2) is 66.4 Å². The number of pyridine rings is 1. The first kappa shape index (κ1) is 17.1. The zero-order valence-electron chi connectivity index (χ0n) is 14.7. The van der Waals surface area contributed by atoms with Crippen molar-refractivity contribution in [1.82, 2.24) is 25.1 Å². The maximum atomic E-state index is 12.4.